The highest BCUT2D eigenvalue weighted by Crippen LogP contribution is 2.36. The Morgan fingerprint density at radius 1 is 1.56 bits per heavy atom. The first-order valence-corrected chi connectivity index (χ1v) is 5.75. The third kappa shape index (κ3) is 2.02. The number of hydrogen-bond acceptors (Lipinski definition) is 6. The summed E-state index contributed by atoms with van der Waals surface area (Å²) in [5.41, 5.74) is 7.92. The standard InChI is InChI=1S/C8H12N4O3S/c1-3-11-5-7(14)6(13)4(2-10-12-9)15-8(5)16-3/h4-8,13-14H,2H2,1H3/t4-,5?,6-,7-,8?/m1/s1. The topological polar surface area (TPSA) is 111 Å². The molecule has 0 saturated carbocycles. The number of nitrogens with zero attached hydrogens (tertiary/aromatic N) is 4. The summed E-state index contributed by atoms with van der Waals surface area (Å²) in [6, 6.07) is -0.428. The minimum atomic E-state index is -1.07. The fourth-order valence-electron chi connectivity index (χ4n) is 1.83. The molecule has 88 valence electrons. The van der Waals surface area contributed by atoms with Crippen molar-refractivity contribution in [2.75, 3.05) is 6.54 Å². The van der Waals surface area contributed by atoms with E-state index in [1.54, 1.807) is 0 Å². The zero-order chi connectivity index (χ0) is 11.7. The number of aliphatic imine (C=N–C) groups is 1. The molecule has 7 nitrogen and oxygen atoms in total. The van der Waals surface area contributed by atoms with E-state index in [1.165, 1.54) is 11.8 Å². The highest BCUT2D eigenvalue weighted by Gasteiger charge is 2.47. The molecule has 0 aromatic carbocycles. The van der Waals surface area contributed by atoms with Crippen LogP contribution < -0.4 is 0 Å². The number of hydrogen-bond donors (Lipinski definition) is 2. The van der Waals surface area contributed by atoms with Gasteiger partial charge in [0.05, 0.1) is 17.7 Å². The third-order valence-corrected chi connectivity index (χ3v) is 3.68. The van der Waals surface area contributed by atoms with Crippen molar-refractivity contribution in [2.45, 2.75) is 36.7 Å². The minimum absolute atomic E-state index is 0.0115. The van der Waals surface area contributed by atoms with E-state index in [1.807, 2.05) is 6.92 Å². The van der Waals surface area contributed by atoms with E-state index >= 15 is 0 Å². The van der Waals surface area contributed by atoms with Crippen molar-refractivity contribution < 1.29 is 14.9 Å². The van der Waals surface area contributed by atoms with Crippen molar-refractivity contribution in [1.82, 2.24) is 0 Å². The summed E-state index contributed by atoms with van der Waals surface area (Å²) in [5.74, 6) is 0. The Morgan fingerprint density at radius 2 is 2.31 bits per heavy atom. The second kappa shape index (κ2) is 4.60. The second-order valence-corrected chi connectivity index (χ2v) is 4.99. The maximum atomic E-state index is 9.85. The molecule has 2 aliphatic heterocycles. The molecule has 16 heavy (non-hydrogen) atoms. The predicted molar refractivity (Wildman–Crippen MR) is 59.2 cm³/mol. The van der Waals surface area contributed by atoms with Gasteiger partial charge in [0.1, 0.15) is 23.7 Å². The summed E-state index contributed by atoms with van der Waals surface area (Å²) in [6.45, 7) is 1.84. The van der Waals surface area contributed by atoms with Crippen molar-refractivity contribution in [2.24, 2.45) is 10.1 Å². The molecule has 1 fully saturated rings. The molecule has 8 heteroatoms. The monoisotopic (exact) mass is 244 g/mol. The van der Waals surface area contributed by atoms with E-state index in [4.69, 9.17) is 10.3 Å². The summed E-state index contributed by atoms with van der Waals surface area (Å²) < 4.78 is 5.54. The first-order chi connectivity index (χ1) is 7.63. The number of azide groups is 1. The van der Waals surface area contributed by atoms with Crippen molar-refractivity contribution in [3.63, 3.8) is 0 Å². The summed E-state index contributed by atoms with van der Waals surface area (Å²) in [5, 5.41) is 23.8. The lowest BCUT2D eigenvalue weighted by Crippen LogP contribution is -2.55. The van der Waals surface area contributed by atoms with Crippen LogP contribution in [-0.2, 0) is 4.74 Å². The Balaban J connectivity index is 2.10. The van der Waals surface area contributed by atoms with Gasteiger partial charge in [-0.15, -0.1) is 0 Å². The van der Waals surface area contributed by atoms with E-state index < -0.39 is 24.4 Å². The molecule has 0 amide bonds. The SMILES string of the molecule is CC1=NC2C(O[C@H](CN=[N+]=[N-])[C@@H](O)[C@@H]2O)S1. The van der Waals surface area contributed by atoms with E-state index in [-0.39, 0.29) is 12.0 Å². The fourth-order valence-corrected chi connectivity index (χ4v) is 2.91. The molecule has 2 unspecified atom stereocenters. The molecule has 0 bridgehead atoms. The Morgan fingerprint density at radius 3 is 3.00 bits per heavy atom. The summed E-state index contributed by atoms with van der Waals surface area (Å²) in [4.78, 5) is 6.80. The number of aliphatic hydroxyl groups excluding tert-OH is 2. The molecule has 2 rings (SSSR count). The highest BCUT2D eigenvalue weighted by molar-refractivity contribution is 8.14. The lowest BCUT2D eigenvalue weighted by atomic mass is 9.98. The normalized spacial score (nSPS) is 42.2. The largest absolute Gasteiger partial charge is 0.388 e. The lowest BCUT2D eigenvalue weighted by Gasteiger charge is -2.37. The van der Waals surface area contributed by atoms with Gasteiger partial charge >= 0.3 is 0 Å². The molecule has 2 aliphatic rings. The molecule has 1 saturated heterocycles. The summed E-state index contributed by atoms with van der Waals surface area (Å²) in [7, 11) is 0. The quantitative estimate of drug-likeness (QED) is 0.412. The molecular formula is C8H12N4O3S. The van der Waals surface area contributed by atoms with Crippen LogP contribution in [0.25, 0.3) is 10.4 Å². The molecule has 0 aromatic rings. The summed E-state index contributed by atoms with van der Waals surface area (Å²) >= 11 is 1.41. The molecular weight excluding hydrogens is 232 g/mol. The average Bonchev–Trinajstić information content (AvgIpc) is 2.62. The van der Waals surface area contributed by atoms with E-state index in [9.17, 15) is 10.2 Å². The van der Waals surface area contributed by atoms with E-state index in [0.29, 0.717) is 0 Å². The van der Waals surface area contributed by atoms with Crippen molar-refractivity contribution in [1.29, 1.82) is 0 Å². The average molecular weight is 244 g/mol. The predicted octanol–water partition coefficient (Wildman–Crippen LogP) is 0.277. The fraction of sp³-hybridized carbons (Fsp3) is 0.875. The second-order valence-electron chi connectivity index (χ2n) is 3.69. The van der Waals surface area contributed by atoms with Gasteiger partial charge in [-0.1, -0.05) is 16.9 Å². The molecule has 2 heterocycles. The Hall–Kier alpha value is -0.790. The van der Waals surface area contributed by atoms with Crippen LogP contribution in [-0.4, -0.2) is 51.6 Å². The first kappa shape index (κ1) is 11.7. The number of ether oxygens (including phenoxy) is 1. The van der Waals surface area contributed by atoms with Gasteiger partial charge in [0.15, 0.2) is 0 Å². The first-order valence-electron chi connectivity index (χ1n) is 4.87. The summed E-state index contributed by atoms with van der Waals surface area (Å²) in [6.07, 6.45) is -2.70. The van der Waals surface area contributed by atoms with E-state index in [0.717, 1.165) is 5.04 Å². The van der Waals surface area contributed by atoms with Gasteiger partial charge in [0.2, 0.25) is 0 Å². The minimum Gasteiger partial charge on any atom is -0.388 e. The molecule has 0 aromatic heterocycles. The van der Waals surface area contributed by atoms with Crippen LogP contribution in [0.4, 0.5) is 0 Å². The van der Waals surface area contributed by atoms with Gasteiger partial charge in [-0.25, -0.2) is 0 Å². The van der Waals surface area contributed by atoms with Gasteiger partial charge in [0.25, 0.3) is 0 Å². The van der Waals surface area contributed by atoms with Gasteiger partial charge in [-0.05, 0) is 12.5 Å². The molecule has 0 aliphatic carbocycles. The van der Waals surface area contributed by atoms with Crippen molar-refractivity contribution in [3.8, 4) is 0 Å². The zero-order valence-corrected chi connectivity index (χ0v) is 9.41. The maximum absolute atomic E-state index is 9.85. The van der Waals surface area contributed by atoms with Crippen LogP contribution in [0.1, 0.15) is 6.92 Å². The lowest BCUT2D eigenvalue weighted by molar-refractivity contribution is -0.148. The molecule has 0 spiro atoms. The molecule has 2 N–H and O–H groups in total. The Bertz CT molecular complexity index is 357. The van der Waals surface area contributed by atoms with Crippen molar-refractivity contribution >= 4 is 16.8 Å². The van der Waals surface area contributed by atoms with Gasteiger partial charge in [-0.2, -0.15) is 0 Å². The highest BCUT2D eigenvalue weighted by atomic mass is 32.2. The smallest absolute Gasteiger partial charge is 0.134 e. The van der Waals surface area contributed by atoms with Crippen LogP contribution in [0, 0.1) is 0 Å². The van der Waals surface area contributed by atoms with Crippen molar-refractivity contribution in [3.05, 3.63) is 10.4 Å². The zero-order valence-electron chi connectivity index (χ0n) is 8.59. The third-order valence-electron chi connectivity index (χ3n) is 2.61. The molecule has 0 radical (unpaired) electrons. The van der Waals surface area contributed by atoms with Crippen LogP contribution in [0.15, 0.2) is 10.1 Å². The van der Waals surface area contributed by atoms with Crippen LogP contribution in [0.2, 0.25) is 0 Å². The van der Waals surface area contributed by atoms with Crippen LogP contribution in [0.3, 0.4) is 0 Å². The number of fused-ring (bicyclic) bond motifs is 1. The Kier molecular flexibility index (Phi) is 3.36. The number of thioether (sulfide) groups is 1. The van der Waals surface area contributed by atoms with E-state index in [2.05, 4.69) is 15.0 Å². The van der Waals surface area contributed by atoms with Gasteiger partial charge < -0.3 is 14.9 Å². The molecule has 5 atom stereocenters. The van der Waals surface area contributed by atoms with Crippen LogP contribution >= 0.6 is 11.8 Å². The number of aliphatic hydroxyl groups is 2. The maximum Gasteiger partial charge on any atom is 0.134 e. The van der Waals surface area contributed by atoms with Crippen LogP contribution in [0.5, 0.6) is 0 Å². The number of rotatable bonds is 2. The van der Waals surface area contributed by atoms with Gasteiger partial charge in [0, 0.05) is 4.91 Å². The Labute approximate surface area is 96.1 Å². The van der Waals surface area contributed by atoms with Gasteiger partial charge in [-0.3, -0.25) is 4.99 Å².